The molecule has 0 spiro atoms. The van der Waals surface area contributed by atoms with Gasteiger partial charge in [0.25, 0.3) is 5.56 Å². The van der Waals surface area contributed by atoms with Crippen molar-refractivity contribution in [1.29, 1.82) is 0 Å². The molecule has 0 saturated heterocycles. The summed E-state index contributed by atoms with van der Waals surface area (Å²) in [5.74, 6) is -0.407. The Balaban J connectivity index is 2.70. The molecule has 2 aromatic rings. The molecule has 1 aromatic heterocycles. The van der Waals surface area contributed by atoms with Crippen LogP contribution in [0.2, 0.25) is 5.02 Å². The quantitative estimate of drug-likeness (QED) is 0.901. The molecule has 1 heterocycles. The van der Waals surface area contributed by atoms with Crippen molar-refractivity contribution in [3.63, 3.8) is 0 Å². The highest BCUT2D eigenvalue weighted by Gasteiger charge is 2.19. The number of aromatic hydroxyl groups is 1. The van der Waals surface area contributed by atoms with Crippen LogP contribution >= 0.6 is 11.6 Å². The minimum atomic E-state index is -0.687. The van der Waals surface area contributed by atoms with Gasteiger partial charge >= 0.3 is 5.69 Å². The van der Waals surface area contributed by atoms with Crippen LogP contribution in [0.15, 0.2) is 33.9 Å². The molecule has 1 unspecified atom stereocenters. The lowest BCUT2D eigenvalue weighted by Gasteiger charge is -2.17. The Kier molecular flexibility index (Phi) is 4.50. The Morgan fingerprint density at radius 2 is 2.14 bits per heavy atom. The van der Waals surface area contributed by atoms with Gasteiger partial charge in [0.05, 0.1) is 12.6 Å². The number of nitrogens with zero attached hydrogens (tertiary/aromatic N) is 1. The monoisotopic (exact) mass is 310 g/mol. The number of methoxy groups -OCH3 is 1. The first-order chi connectivity index (χ1) is 9.95. The second kappa shape index (κ2) is 6.15. The molecule has 2 rings (SSSR count). The van der Waals surface area contributed by atoms with Crippen molar-refractivity contribution in [1.82, 2.24) is 9.55 Å². The fourth-order valence-corrected chi connectivity index (χ4v) is 2.36. The molecule has 0 aliphatic carbocycles. The van der Waals surface area contributed by atoms with Crippen LogP contribution in [-0.2, 0) is 4.74 Å². The number of H-pyrrole nitrogens is 1. The first-order valence-electron chi connectivity index (χ1n) is 6.28. The summed E-state index contributed by atoms with van der Waals surface area (Å²) in [5, 5.41) is 10.8. The molecule has 21 heavy (non-hydrogen) atoms. The summed E-state index contributed by atoms with van der Waals surface area (Å²) < 4.78 is 6.06. The van der Waals surface area contributed by atoms with Crippen molar-refractivity contribution in [2.24, 2.45) is 0 Å². The number of halogens is 1. The molecular formula is C14H15ClN2O4. The molecule has 0 aliphatic rings. The molecule has 2 N–H and O–H groups in total. The highest BCUT2D eigenvalue weighted by atomic mass is 35.5. The van der Waals surface area contributed by atoms with Crippen molar-refractivity contribution in [3.05, 3.63) is 50.1 Å². The Bertz CT molecular complexity index is 766. The van der Waals surface area contributed by atoms with E-state index in [9.17, 15) is 14.7 Å². The van der Waals surface area contributed by atoms with E-state index in [1.807, 2.05) is 0 Å². The van der Waals surface area contributed by atoms with E-state index in [-0.39, 0.29) is 12.2 Å². The molecular weight excluding hydrogens is 296 g/mol. The van der Waals surface area contributed by atoms with Gasteiger partial charge in [-0.3, -0.25) is 14.3 Å². The van der Waals surface area contributed by atoms with E-state index in [0.717, 1.165) is 4.57 Å². The standard InChI is InChI=1S/C14H15ClN2O4/c1-8(7-21-2)17-13(19)11(12(18)16-14(17)20)9-4-3-5-10(15)6-9/h3-6,8,19H,7H2,1-2H3,(H,16,18,20). The highest BCUT2D eigenvalue weighted by molar-refractivity contribution is 6.30. The molecule has 112 valence electrons. The molecule has 0 saturated carbocycles. The summed E-state index contributed by atoms with van der Waals surface area (Å²) in [6, 6.07) is 6.05. The van der Waals surface area contributed by atoms with Gasteiger partial charge in [-0.25, -0.2) is 4.79 Å². The number of hydrogen-bond donors (Lipinski definition) is 2. The number of ether oxygens (including phenoxy) is 1. The third kappa shape index (κ3) is 3.01. The first-order valence-corrected chi connectivity index (χ1v) is 6.66. The van der Waals surface area contributed by atoms with Crippen LogP contribution in [0, 0.1) is 0 Å². The van der Waals surface area contributed by atoms with Crippen LogP contribution < -0.4 is 11.2 Å². The Hall–Kier alpha value is -2.05. The second-order valence-electron chi connectivity index (χ2n) is 4.64. The first kappa shape index (κ1) is 15.3. The maximum atomic E-state index is 12.0. The number of aromatic nitrogens is 2. The molecule has 0 bridgehead atoms. The van der Waals surface area contributed by atoms with E-state index in [1.165, 1.54) is 7.11 Å². The zero-order valence-electron chi connectivity index (χ0n) is 11.6. The third-order valence-corrected chi connectivity index (χ3v) is 3.32. The highest BCUT2D eigenvalue weighted by Crippen LogP contribution is 2.27. The summed E-state index contributed by atoms with van der Waals surface area (Å²) >= 11 is 5.90. The molecule has 7 heteroatoms. The van der Waals surface area contributed by atoms with Gasteiger partial charge in [-0.15, -0.1) is 0 Å². The summed E-state index contributed by atoms with van der Waals surface area (Å²) in [6.45, 7) is 1.92. The van der Waals surface area contributed by atoms with Crippen LogP contribution in [-0.4, -0.2) is 28.4 Å². The summed E-state index contributed by atoms with van der Waals surface area (Å²) in [6.07, 6.45) is 0. The SMILES string of the molecule is COCC(C)n1c(O)c(-c2cccc(Cl)c2)c(=O)[nH]c1=O. The average molecular weight is 311 g/mol. The largest absolute Gasteiger partial charge is 0.494 e. The Labute approximate surface area is 125 Å². The van der Waals surface area contributed by atoms with Crippen molar-refractivity contribution in [2.45, 2.75) is 13.0 Å². The molecule has 1 aromatic carbocycles. The van der Waals surface area contributed by atoms with E-state index in [4.69, 9.17) is 16.3 Å². The molecule has 6 nitrogen and oxygen atoms in total. The normalized spacial score (nSPS) is 12.3. The summed E-state index contributed by atoms with van der Waals surface area (Å²) in [7, 11) is 1.49. The number of rotatable bonds is 4. The van der Waals surface area contributed by atoms with Crippen molar-refractivity contribution >= 4 is 11.6 Å². The number of benzene rings is 1. The summed E-state index contributed by atoms with van der Waals surface area (Å²) in [5.41, 5.74) is -0.923. The van der Waals surface area contributed by atoms with E-state index in [2.05, 4.69) is 4.98 Å². The lowest BCUT2D eigenvalue weighted by molar-refractivity contribution is 0.155. The maximum Gasteiger partial charge on any atom is 0.331 e. The number of aromatic amines is 1. The van der Waals surface area contributed by atoms with Crippen molar-refractivity contribution in [2.75, 3.05) is 13.7 Å². The van der Waals surface area contributed by atoms with Gasteiger partial charge in [0.2, 0.25) is 5.88 Å². The molecule has 0 amide bonds. The molecule has 0 fully saturated rings. The molecule has 0 radical (unpaired) electrons. The number of nitrogens with one attached hydrogen (secondary N) is 1. The lowest BCUT2D eigenvalue weighted by Crippen LogP contribution is -2.33. The van der Waals surface area contributed by atoms with E-state index >= 15 is 0 Å². The zero-order chi connectivity index (χ0) is 15.6. The van der Waals surface area contributed by atoms with Gasteiger partial charge in [0.1, 0.15) is 5.56 Å². The van der Waals surface area contributed by atoms with Gasteiger partial charge in [-0.1, -0.05) is 23.7 Å². The third-order valence-electron chi connectivity index (χ3n) is 3.08. The fourth-order valence-electron chi connectivity index (χ4n) is 2.17. The number of hydrogen-bond acceptors (Lipinski definition) is 4. The molecule has 1 atom stereocenters. The average Bonchev–Trinajstić information content (AvgIpc) is 2.38. The van der Waals surface area contributed by atoms with Crippen LogP contribution in [0.3, 0.4) is 0 Å². The van der Waals surface area contributed by atoms with Crippen LogP contribution in [0.1, 0.15) is 13.0 Å². The van der Waals surface area contributed by atoms with E-state index in [0.29, 0.717) is 10.6 Å². The van der Waals surface area contributed by atoms with Crippen molar-refractivity contribution in [3.8, 4) is 17.0 Å². The Morgan fingerprint density at radius 3 is 2.76 bits per heavy atom. The van der Waals surface area contributed by atoms with Gasteiger partial charge in [-0.05, 0) is 24.6 Å². The van der Waals surface area contributed by atoms with Crippen molar-refractivity contribution < 1.29 is 9.84 Å². The van der Waals surface area contributed by atoms with E-state index < -0.39 is 23.2 Å². The van der Waals surface area contributed by atoms with Gasteiger partial charge in [-0.2, -0.15) is 0 Å². The predicted octanol–water partition coefficient (Wildman–Crippen LogP) is 1.77. The summed E-state index contributed by atoms with van der Waals surface area (Å²) in [4.78, 5) is 26.1. The van der Waals surface area contributed by atoms with Crippen LogP contribution in [0.25, 0.3) is 11.1 Å². The van der Waals surface area contributed by atoms with E-state index in [1.54, 1.807) is 31.2 Å². The smallest absolute Gasteiger partial charge is 0.331 e. The Morgan fingerprint density at radius 1 is 1.43 bits per heavy atom. The maximum absolute atomic E-state index is 12.0. The van der Waals surface area contributed by atoms with Gasteiger partial charge in [0, 0.05) is 12.1 Å². The van der Waals surface area contributed by atoms with Crippen LogP contribution in [0.5, 0.6) is 5.88 Å². The van der Waals surface area contributed by atoms with Gasteiger partial charge < -0.3 is 9.84 Å². The minimum absolute atomic E-state index is 0.0000491. The predicted molar refractivity (Wildman–Crippen MR) is 80.0 cm³/mol. The second-order valence-corrected chi connectivity index (χ2v) is 5.08. The van der Waals surface area contributed by atoms with Gasteiger partial charge in [0.15, 0.2) is 0 Å². The minimum Gasteiger partial charge on any atom is -0.494 e. The fraction of sp³-hybridized carbons (Fsp3) is 0.286. The lowest BCUT2D eigenvalue weighted by atomic mass is 10.1. The van der Waals surface area contributed by atoms with Crippen LogP contribution in [0.4, 0.5) is 0 Å². The zero-order valence-corrected chi connectivity index (χ0v) is 12.3. The topological polar surface area (TPSA) is 84.3 Å². The molecule has 0 aliphatic heterocycles.